The molecule has 0 aliphatic rings. The lowest BCUT2D eigenvalue weighted by Crippen LogP contribution is -2.03. The lowest BCUT2D eigenvalue weighted by molar-refractivity contribution is 0.273. The molecule has 4 nitrogen and oxygen atoms in total. The van der Waals surface area contributed by atoms with Crippen molar-refractivity contribution in [2.24, 2.45) is 0 Å². The molecule has 0 atom stereocenters. The minimum atomic E-state index is 0.569. The summed E-state index contributed by atoms with van der Waals surface area (Å²) in [6, 6.07) is 17.9. The van der Waals surface area contributed by atoms with E-state index in [9.17, 15) is 0 Å². The maximum Gasteiger partial charge on any atom is 0.216 e. The van der Waals surface area contributed by atoms with Crippen LogP contribution in [-0.2, 0) is 4.74 Å². The van der Waals surface area contributed by atoms with E-state index in [0.717, 1.165) is 16.6 Å². The van der Waals surface area contributed by atoms with E-state index >= 15 is 0 Å². The third-order valence-corrected chi connectivity index (χ3v) is 3.18. The highest BCUT2D eigenvalue weighted by molar-refractivity contribution is 5.77. The van der Waals surface area contributed by atoms with Crippen LogP contribution in [-0.4, -0.2) is 21.6 Å². The van der Waals surface area contributed by atoms with E-state index in [1.807, 2.05) is 67.6 Å². The standard InChI is InChI=1S/C18H17N3O/c1-2-22-18(14-8-11-15-9-4-3-5-10-15)21-17-13-7-6-12-16(17)19-20-21/h3-14H,2H2,1H3. The first-order valence-corrected chi connectivity index (χ1v) is 7.25. The summed E-state index contributed by atoms with van der Waals surface area (Å²) in [5.74, 6) is 0.656. The Hall–Kier alpha value is -2.88. The van der Waals surface area contributed by atoms with Gasteiger partial charge in [0, 0.05) is 6.08 Å². The molecule has 0 N–H and O–H groups in total. The van der Waals surface area contributed by atoms with Crippen molar-refractivity contribution in [1.82, 2.24) is 15.0 Å². The Morgan fingerprint density at radius 1 is 1.09 bits per heavy atom. The fraction of sp³-hybridized carbons (Fsp3) is 0.111. The molecule has 0 radical (unpaired) electrons. The summed E-state index contributed by atoms with van der Waals surface area (Å²) < 4.78 is 7.42. The number of fused-ring (bicyclic) bond motifs is 1. The van der Waals surface area contributed by atoms with E-state index in [0.29, 0.717) is 12.5 Å². The second kappa shape index (κ2) is 6.72. The van der Waals surface area contributed by atoms with Gasteiger partial charge < -0.3 is 4.74 Å². The molecular formula is C18H17N3O. The Labute approximate surface area is 129 Å². The molecule has 1 heterocycles. The molecule has 0 fully saturated rings. The number of allylic oxidation sites excluding steroid dienone is 2. The Kier molecular flexibility index (Phi) is 4.30. The molecule has 2 aromatic carbocycles. The quantitative estimate of drug-likeness (QED) is 0.527. The van der Waals surface area contributed by atoms with Crippen LogP contribution in [0.4, 0.5) is 0 Å². The fourth-order valence-electron chi connectivity index (χ4n) is 2.17. The molecule has 0 aliphatic heterocycles. The Morgan fingerprint density at radius 3 is 2.68 bits per heavy atom. The molecule has 110 valence electrons. The summed E-state index contributed by atoms with van der Waals surface area (Å²) in [6.07, 6.45) is 5.88. The van der Waals surface area contributed by atoms with Crippen LogP contribution in [0, 0.1) is 0 Å². The number of ether oxygens (including phenoxy) is 1. The average Bonchev–Trinajstić information content (AvgIpc) is 2.99. The molecule has 1 aromatic heterocycles. The van der Waals surface area contributed by atoms with Crippen molar-refractivity contribution in [1.29, 1.82) is 0 Å². The van der Waals surface area contributed by atoms with Crippen LogP contribution < -0.4 is 0 Å². The van der Waals surface area contributed by atoms with Gasteiger partial charge in [-0.1, -0.05) is 59.8 Å². The van der Waals surface area contributed by atoms with Crippen molar-refractivity contribution in [3.63, 3.8) is 0 Å². The largest absolute Gasteiger partial charge is 0.478 e. The minimum Gasteiger partial charge on any atom is -0.478 e. The van der Waals surface area contributed by atoms with Gasteiger partial charge in [0.15, 0.2) is 0 Å². The zero-order valence-electron chi connectivity index (χ0n) is 12.4. The highest BCUT2D eigenvalue weighted by atomic mass is 16.5. The maximum absolute atomic E-state index is 5.70. The van der Waals surface area contributed by atoms with Crippen molar-refractivity contribution in [2.75, 3.05) is 6.61 Å². The molecule has 22 heavy (non-hydrogen) atoms. The monoisotopic (exact) mass is 291 g/mol. The minimum absolute atomic E-state index is 0.569. The predicted molar refractivity (Wildman–Crippen MR) is 88.9 cm³/mol. The van der Waals surface area contributed by atoms with Gasteiger partial charge in [-0.3, -0.25) is 0 Å². The highest BCUT2D eigenvalue weighted by Crippen LogP contribution is 2.16. The summed E-state index contributed by atoms with van der Waals surface area (Å²) in [6.45, 7) is 2.52. The van der Waals surface area contributed by atoms with Crippen molar-refractivity contribution in [2.45, 2.75) is 6.92 Å². The number of nitrogens with zero attached hydrogens (tertiary/aromatic N) is 3. The van der Waals surface area contributed by atoms with E-state index in [1.54, 1.807) is 4.68 Å². The number of aromatic nitrogens is 3. The third kappa shape index (κ3) is 3.06. The van der Waals surface area contributed by atoms with Gasteiger partial charge in [-0.15, -0.1) is 5.10 Å². The summed E-state index contributed by atoms with van der Waals surface area (Å²) in [5, 5.41) is 8.34. The lowest BCUT2D eigenvalue weighted by Gasteiger charge is -2.07. The highest BCUT2D eigenvalue weighted by Gasteiger charge is 2.08. The van der Waals surface area contributed by atoms with E-state index in [4.69, 9.17) is 4.74 Å². The first-order valence-electron chi connectivity index (χ1n) is 7.25. The van der Waals surface area contributed by atoms with Crippen LogP contribution in [0.3, 0.4) is 0 Å². The van der Waals surface area contributed by atoms with Crippen LogP contribution in [0.5, 0.6) is 0 Å². The topological polar surface area (TPSA) is 39.9 Å². The van der Waals surface area contributed by atoms with Gasteiger partial charge in [0.25, 0.3) is 0 Å². The zero-order valence-corrected chi connectivity index (χ0v) is 12.4. The smallest absolute Gasteiger partial charge is 0.216 e. The van der Waals surface area contributed by atoms with E-state index < -0.39 is 0 Å². The van der Waals surface area contributed by atoms with E-state index in [1.165, 1.54) is 0 Å². The molecule has 4 heteroatoms. The van der Waals surface area contributed by atoms with Gasteiger partial charge in [0.1, 0.15) is 5.52 Å². The fourth-order valence-corrected chi connectivity index (χ4v) is 2.17. The first kappa shape index (κ1) is 14.1. The lowest BCUT2D eigenvalue weighted by atomic mass is 10.2. The summed E-state index contributed by atoms with van der Waals surface area (Å²) >= 11 is 0. The molecule has 0 unspecified atom stereocenters. The van der Waals surface area contributed by atoms with E-state index in [2.05, 4.69) is 22.4 Å². The molecule has 0 saturated heterocycles. The van der Waals surface area contributed by atoms with Gasteiger partial charge in [-0.05, 0) is 24.6 Å². The van der Waals surface area contributed by atoms with Crippen LogP contribution in [0.25, 0.3) is 23.0 Å². The average molecular weight is 291 g/mol. The van der Waals surface area contributed by atoms with Crippen molar-refractivity contribution < 1.29 is 4.74 Å². The van der Waals surface area contributed by atoms with Gasteiger partial charge >= 0.3 is 0 Å². The van der Waals surface area contributed by atoms with Gasteiger partial charge in [0.2, 0.25) is 5.88 Å². The Bertz CT molecular complexity index is 803. The van der Waals surface area contributed by atoms with Gasteiger partial charge in [-0.25, -0.2) is 0 Å². The summed E-state index contributed by atoms with van der Waals surface area (Å²) in [7, 11) is 0. The third-order valence-electron chi connectivity index (χ3n) is 3.18. The number of hydrogen-bond acceptors (Lipinski definition) is 3. The molecule has 0 spiro atoms. The van der Waals surface area contributed by atoms with Gasteiger partial charge in [-0.2, -0.15) is 4.68 Å². The predicted octanol–water partition coefficient (Wildman–Crippen LogP) is 3.98. The second-order valence-corrected chi connectivity index (χ2v) is 4.70. The number of hydrogen-bond donors (Lipinski definition) is 0. The molecule has 0 bridgehead atoms. The summed E-state index contributed by atoms with van der Waals surface area (Å²) in [5.41, 5.74) is 2.91. The zero-order chi connectivity index (χ0) is 15.2. The summed E-state index contributed by atoms with van der Waals surface area (Å²) in [4.78, 5) is 0. The molecule has 3 rings (SSSR count). The van der Waals surface area contributed by atoms with Gasteiger partial charge in [0.05, 0.1) is 12.1 Å². The van der Waals surface area contributed by atoms with Crippen LogP contribution >= 0.6 is 0 Å². The normalized spacial score (nSPS) is 12.1. The number of rotatable bonds is 5. The van der Waals surface area contributed by atoms with Crippen molar-refractivity contribution in [3.05, 3.63) is 72.3 Å². The molecule has 0 amide bonds. The van der Waals surface area contributed by atoms with Crippen molar-refractivity contribution >= 4 is 23.0 Å². The Morgan fingerprint density at radius 2 is 1.86 bits per heavy atom. The maximum atomic E-state index is 5.70. The number of benzene rings is 2. The second-order valence-electron chi connectivity index (χ2n) is 4.70. The molecule has 0 saturated carbocycles. The van der Waals surface area contributed by atoms with Crippen LogP contribution in [0.1, 0.15) is 12.5 Å². The SMILES string of the molecule is CCOC(=CC=Cc1ccccc1)n1nnc2ccccc21. The molecular weight excluding hydrogens is 274 g/mol. The molecule has 0 aliphatic carbocycles. The van der Waals surface area contributed by atoms with Crippen LogP contribution in [0.15, 0.2) is 66.7 Å². The van der Waals surface area contributed by atoms with Crippen LogP contribution in [0.2, 0.25) is 0 Å². The first-order chi connectivity index (χ1) is 10.9. The van der Waals surface area contributed by atoms with E-state index in [-0.39, 0.29) is 0 Å². The molecule has 3 aromatic rings. The number of para-hydroxylation sites is 1. The van der Waals surface area contributed by atoms with Crippen molar-refractivity contribution in [3.8, 4) is 0 Å². The Balaban J connectivity index is 1.92.